The molecule has 24 heavy (non-hydrogen) atoms. The smallest absolute Gasteiger partial charge is 0.310 e. The van der Waals surface area contributed by atoms with Crippen LogP contribution < -0.4 is 4.74 Å². The topological polar surface area (TPSA) is 53.4 Å². The van der Waals surface area contributed by atoms with E-state index in [9.17, 15) is 4.79 Å². The number of hydrogen-bond donors (Lipinski definition) is 0. The Morgan fingerprint density at radius 2 is 2.12 bits per heavy atom. The molecular weight excluding hydrogens is 304 g/mol. The summed E-state index contributed by atoms with van der Waals surface area (Å²) in [6, 6.07) is 9.68. The van der Waals surface area contributed by atoms with Crippen molar-refractivity contribution in [3.05, 3.63) is 48.3 Å². The van der Waals surface area contributed by atoms with Gasteiger partial charge < -0.3 is 9.47 Å². The van der Waals surface area contributed by atoms with Gasteiger partial charge in [0, 0.05) is 18.0 Å². The van der Waals surface area contributed by atoms with Gasteiger partial charge in [0.1, 0.15) is 11.9 Å². The predicted molar refractivity (Wildman–Crippen MR) is 90.9 cm³/mol. The van der Waals surface area contributed by atoms with Crippen LogP contribution in [0.1, 0.15) is 44.7 Å². The van der Waals surface area contributed by atoms with Gasteiger partial charge in [-0.05, 0) is 45.2 Å². The molecule has 1 aliphatic rings. The first-order valence-corrected chi connectivity index (χ1v) is 8.56. The zero-order chi connectivity index (χ0) is 16.9. The molecule has 5 nitrogen and oxygen atoms in total. The zero-order valence-electron chi connectivity index (χ0n) is 14.2. The number of esters is 1. The van der Waals surface area contributed by atoms with Gasteiger partial charge in [-0.3, -0.25) is 9.48 Å². The maximum Gasteiger partial charge on any atom is 0.310 e. The van der Waals surface area contributed by atoms with E-state index in [2.05, 4.69) is 5.10 Å². The first-order valence-electron chi connectivity index (χ1n) is 8.56. The molecule has 5 heteroatoms. The zero-order valence-corrected chi connectivity index (χ0v) is 14.2. The average molecular weight is 328 g/mol. The highest BCUT2D eigenvalue weighted by atomic mass is 16.5. The average Bonchev–Trinajstić information content (AvgIpc) is 3.19. The van der Waals surface area contributed by atoms with Crippen molar-refractivity contribution in [3.63, 3.8) is 0 Å². The third kappa shape index (κ3) is 3.96. The Balaban J connectivity index is 1.64. The van der Waals surface area contributed by atoms with Crippen LogP contribution in [-0.4, -0.2) is 28.0 Å². The SMILES string of the molecule is CC(C)Oc1ccccc1CC(=O)O[C@@H]1CCC[C@H]1n1cccn1. The maximum atomic E-state index is 12.4. The highest BCUT2D eigenvalue weighted by molar-refractivity contribution is 5.73. The molecule has 0 bridgehead atoms. The van der Waals surface area contributed by atoms with Crippen molar-refractivity contribution in [1.29, 1.82) is 0 Å². The summed E-state index contributed by atoms with van der Waals surface area (Å²) < 4.78 is 13.4. The molecule has 2 atom stereocenters. The molecule has 1 saturated carbocycles. The second kappa shape index (κ2) is 7.51. The van der Waals surface area contributed by atoms with E-state index in [1.807, 2.05) is 55.1 Å². The lowest BCUT2D eigenvalue weighted by atomic mass is 10.1. The molecule has 0 aliphatic heterocycles. The highest BCUT2D eigenvalue weighted by Crippen LogP contribution is 2.32. The fourth-order valence-corrected chi connectivity index (χ4v) is 3.21. The normalized spacial score (nSPS) is 20.3. The molecule has 0 radical (unpaired) electrons. The fourth-order valence-electron chi connectivity index (χ4n) is 3.21. The van der Waals surface area contributed by atoms with E-state index < -0.39 is 0 Å². The minimum Gasteiger partial charge on any atom is -0.491 e. The van der Waals surface area contributed by atoms with Crippen LogP contribution in [0, 0.1) is 0 Å². The van der Waals surface area contributed by atoms with E-state index in [1.54, 1.807) is 6.20 Å². The van der Waals surface area contributed by atoms with E-state index in [-0.39, 0.29) is 30.6 Å². The van der Waals surface area contributed by atoms with Crippen LogP contribution in [0.2, 0.25) is 0 Å². The Hall–Kier alpha value is -2.30. The third-order valence-corrected chi connectivity index (χ3v) is 4.24. The van der Waals surface area contributed by atoms with Crippen LogP contribution in [0.25, 0.3) is 0 Å². The Morgan fingerprint density at radius 1 is 1.29 bits per heavy atom. The van der Waals surface area contributed by atoms with E-state index in [0.717, 1.165) is 30.6 Å². The molecular formula is C19H24N2O3. The molecule has 128 valence electrons. The van der Waals surface area contributed by atoms with Crippen molar-refractivity contribution in [2.24, 2.45) is 0 Å². The second-order valence-electron chi connectivity index (χ2n) is 6.46. The summed E-state index contributed by atoms with van der Waals surface area (Å²) in [5.74, 6) is 0.540. The van der Waals surface area contributed by atoms with Gasteiger partial charge in [0.15, 0.2) is 0 Å². The number of aromatic nitrogens is 2. The quantitative estimate of drug-likeness (QED) is 0.761. The number of carbonyl (C=O) groups is 1. The Labute approximate surface area is 142 Å². The minimum atomic E-state index is -0.209. The van der Waals surface area contributed by atoms with E-state index in [0.29, 0.717) is 0 Å². The largest absolute Gasteiger partial charge is 0.491 e. The molecule has 1 aliphatic carbocycles. The number of nitrogens with zero attached hydrogens (tertiary/aromatic N) is 2. The van der Waals surface area contributed by atoms with E-state index in [4.69, 9.17) is 9.47 Å². The van der Waals surface area contributed by atoms with Crippen molar-refractivity contribution >= 4 is 5.97 Å². The van der Waals surface area contributed by atoms with Crippen molar-refractivity contribution in [3.8, 4) is 5.75 Å². The molecule has 0 saturated heterocycles. The highest BCUT2D eigenvalue weighted by Gasteiger charge is 2.32. The van der Waals surface area contributed by atoms with Gasteiger partial charge in [0.2, 0.25) is 0 Å². The van der Waals surface area contributed by atoms with Gasteiger partial charge >= 0.3 is 5.97 Å². The third-order valence-electron chi connectivity index (χ3n) is 4.24. The van der Waals surface area contributed by atoms with Gasteiger partial charge in [-0.15, -0.1) is 0 Å². The molecule has 3 rings (SSSR count). The van der Waals surface area contributed by atoms with Gasteiger partial charge in [-0.1, -0.05) is 18.2 Å². The van der Waals surface area contributed by atoms with Crippen LogP contribution >= 0.6 is 0 Å². The van der Waals surface area contributed by atoms with Gasteiger partial charge in [0.05, 0.1) is 18.6 Å². The minimum absolute atomic E-state index is 0.0706. The fraction of sp³-hybridized carbons (Fsp3) is 0.474. The van der Waals surface area contributed by atoms with E-state index in [1.165, 1.54) is 0 Å². The van der Waals surface area contributed by atoms with Crippen molar-refractivity contribution in [1.82, 2.24) is 9.78 Å². The summed E-state index contributed by atoms with van der Waals surface area (Å²) in [6.45, 7) is 3.95. The van der Waals surface area contributed by atoms with Crippen LogP contribution in [0.3, 0.4) is 0 Å². The van der Waals surface area contributed by atoms with Crippen molar-refractivity contribution < 1.29 is 14.3 Å². The lowest BCUT2D eigenvalue weighted by Crippen LogP contribution is -2.26. The predicted octanol–water partition coefficient (Wildman–Crippen LogP) is 3.55. The summed E-state index contributed by atoms with van der Waals surface area (Å²) >= 11 is 0. The standard InChI is InChI=1S/C19H24N2O3/c1-14(2)23-17-9-4-3-7-15(17)13-19(22)24-18-10-5-8-16(18)21-12-6-11-20-21/h3-4,6-7,9,11-12,14,16,18H,5,8,10,13H2,1-2H3/t16-,18-/m1/s1. The Bertz CT molecular complexity index is 667. The van der Waals surface area contributed by atoms with Crippen LogP contribution in [0.5, 0.6) is 5.75 Å². The summed E-state index contributed by atoms with van der Waals surface area (Å²) in [7, 11) is 0. The number of hydrogen-bond acceptors (Lipinski definition) is 4. The lowest BCUT2D eigenvalue weighted by molar-refractivity contribution is -0.149. The molecule has 0 unspecified atom stereocenters. The number of ether oxygens (including phenoxy) is 2. The number of benzene rings is 1. The number of carbonyl (C=O) groups excluding carboxylic acids is 1. The first-order chi connectivity index (χ1) is 11.6. The molecule has 1 aromatic heterocycles. The number of rotatable bonds is 6. The van der Waals surface area contributed by atoms with Crippen molar-refractivity contribution in [2.45, 2.75) is 57.8 Å². The molecule has 0 amide bonds. The maximum absolute atomic E-state index is 12.4. The molecule has 0 N–H and O–H groups in total. The summed E-state index contributed by atoms with van der Waals surface area (Å²) in [5, 5.41) is 4.29. The van der Waals surface area contributed by atoms with Crippen molar-refractivity contribution in [2.75, 3.05) is 0 Å². The van der Waals surface area contributed by atoms with Gasteiger partial charge in [-0.25, -0.2) is 0 Å². The molecule has 1 aromatic carbocycles. The molecule has 2 aromatic rings. The lowest BCUT2D eigenvalue weighted by Gasteiger charge is -2.21. The van der Waals surface area contributed by atoms with Crippen LogP contribution in [0.15, 0.2) is 42.7 Å². The summed E-state index contributed by atoms with van der Waals surface area (Å²) in [5.41, 5.74) is 0.866. The van der Waals surface area contributed by atoms with E-state index >= 15 is 0 Å². The molecule has 1 fully saturated rings. The van der Waals surface area contributed by atoms with Crippen LogP contribution in [-0.2, 0) is 16.0 Å². The molecule has 0 spiro atoms. The molecule has 1 heterocycles. The van der Waals surface area contributed by atoms with Gasteiger partial charge in [0.25, 0.3) is 0 Å². The summed E-state index contributed by atoms with van der Waals surface area (Å²) in [4.78, 5) is 12.4. The second-order valence-corrected chi connectivity index (χ2v) is 6.46. The Morgan fingerprint density at radius 3 is 2.88 bits per heavy atom. The summed E-state index contributed by atoms with van der Waals surface area (Å²) in [6.07, 6.45) is 6.82. The van der Waals surface area contributed by atoms with Crippen LogP contribution in [0.4, 0.5) is 0 Å². The van der Waals surface area contributed by atoms with Gasteiger partial charge in [-0.2, -0.15) is 5.10 Å². The Kier molecular flexibility index (Phi) is 5.18. The number of para-hydroxylation sites is 1. The monoisotopic (exact) mass is 328 g/mol. The first kappa shape index (κ1) is 16.6.